The Morgan fingerprint density at radius 3 is 2.73 bits per heavy atom. The van der Waals surface area contributed by atoms with E-state index >= 15 is 0 Å². The van der Waals surface area contributed by atoms with E-state index in [9.17, 15) is 24.2 Å². The molecule has 1 saturated heterocycles. The summed E-state index contributed by atoms with van der Waals surface area (Å²) in [5.74, 6) is -1.28. The largest absolute Gasteiger partial charge is 0.507 e. The minimum Gasteiger partial charge on any atom is -0.507 e. The molecule has 2 N–H and O–H groups in total. The lowest BCUT2D eigenvalue weighted by Crippen LogP contribution is -2.44. The maximum absolute atomic E-state index is 13.2. The van der Waals surface area contributed by atoms with Crippen LogP contribution in [0.2, 0.25) is 0 Å². The number of hydrogen-bond donors (Lipinski definition) is 2. The molecule has 2 aromatic carbocycles. The summed E-state index contributed by atoms with van der Waals surface area (Å²) in [7, 11) is 0. The molecule has 0 aromatic heterocycles. The lowest BCUT2D eigenvalue weighted by molar-refractivity contribution is -0.144. The number of ketones is 1. The van der Waals surface area contributed by atoms with Gasteiger partial charge in [0, 0.05) is 6.54 Å². The van der Waals surface area contributed by atoms with Gasteiger partial charge < -0.3 is 14.9 Å². The molecule has 1 fully saturated rings. The molecule has 0 radical (unpaired) electrons. The highest BCUT2D eigenvalue weighted by Gasteiger charge is 2.36. The Labute approximate surface area is 173 Å². The minimum absolute atomic E-state index is 0.0307. The van der Waals surface area contributed by atoms with Crippen LogP contribution in [0.1, 0.15) is 46.3 Å². The van der Waals surface area contributed by atoms with E-state index < -0.39 is 12.0 Å². The highest BCUT2D eigenvalue weighted by molar-refractivity contribution is 6.15. The van der Waals surface area contributed by atoms with Crippen LogP contribution in [0.15, 0.2) is 36.1 Å². The lowest BCUT2D eigenvalue weighted by atomic mass is 9.97. The first-order valence-electron chi connectivity index (χ1n) is 9.87. The molecule has 0 amide bonds. The third-order valence-corrected chi connectivity index (χ3v) is 5.65. The zero-order valence-electron chi connectivity index (χ0n) is 16.5. The highest BCUT2D eigenvalue weighted by atomic mass is 19.1. The fourth-order valence-corrected chi connectivity index (χ4v) is 4.11. The van der Waals surface area contributed by atoms with Crippen LogP contribution >= 0.6 is 0 Å². The lowest BCUT2D eigenvalue weighted by Gasteiger charge is -2.33. The van der Waals surface area contributed by atoms with Crippen LogP contribution in [0.3, 0.4) is 0 Å². The molecule has 0 saturated carbocycles. The molecule has 0 bridgehead atoms. The third-order valence-electron chi connectivity index (χ3n) is 5.65. The Balaban J connectivity index is 1.70. The summed E-state index contributed by atoms with van der Waals surface area (Å²) in [5, 5.41) is 20.1. The number of aryl methyl sites for hydroxylation is 1. The summed E-state index contributed by atoms with van der Waals surface area (Å²) in [6, 6.07) is 6.54. The van der Waals surface area contributed by atoms with Gasteiger partial charge in [0.15, 0.2) is 5.76 Å². The number of ether oxygens (including phenoxy) is 1. The normalized spacial score (nSPS) is 20.3. The number of piperidine rings is 1. The number of carboxylic acid groups (broad SMARTS) is 1. The van der Waals surface area contributed by atoms with E-state index in [1.165, 1.54) is 24.3 Å². The van der Waals surface area contributed by atoms with E-state index in [1.807, 2.05) is 0 Å². The van der Waals surface area contributed by atoms with Crippen LogP contribution in [-0.2, 0) is 11.3 Å². The fraction of sp³-hybridized carbons (Fsp3) is 0.304. The van der Waals surface area contributed by atoms with Crippen molar-refractivity contribution in [2.45, 2.75) is 38.8 Å². The number of hydrogen-bond acceptors (Lipinski definition) is 5. The number of aliphatic carboxylic acids is 1. The van der Waals surface area contributed by atoms with Gasteiger partial charge >= 0.3 is 5.97 Å². The molecule has 6 nitrogen and oxygen atoms in total. The number of carbonyl (C=O) groups is 2. The summed E-state index contributed by atoms with van der Waals surface area (Å²) in [6.45, 7) is 2.47. The number of carbonyl (C=O) groups excluding carboxylic acids is 1. The quantitative estimate of drug-likeness (QED) is 0.743. The first kappa shape index (κ1) is 20.1. The van der Waals surface area contributed by atoms with Gasteiger partial charge in [-0.1, -0.05) is 18.6 Å². The predicted molar refractivity (Wildman–Crippen MR) is 108 cm³/mol. The Morgan fingerprint density at radius 2 is 2.03 bits per heavy atom. The summed E-state index contributed by atoms with van der Waals surface area (Å²) in [5.41, 5.74) is 1.95. The maximum Gasteiger partial charge on any atom is 0.320 e. The summed E-state index contributed by atoms with van der Waals surface area (Å²) >= 11 is 0. The molecule has 7 heteroatoms. The summed E-state index contributed by atoms with van der Waals surface area (Å²) < 4.78 is 19.0. The number of benzene rings is 2. The van der Waals surface area contributed by atoms with Gasteiger partial charge in [0.2, 0.25) is 5.78 Å². The maximum atomic E-state index is 13.2. The number of halogens is 1. The van der Waals surface area contributed by atoms with E-state index in [0.29, 0.717) is 35.2 Å². The van der Waals surface area contributed by atoms with Gasteiger partial charge in [0.05, 0.1) is 11.1 Å². The monoisotopic (exact) mass is 411 g/mol. The molecule has 2 aliphatic heterocycles. The Bertz CT molecular complexity index is 1040. The summed E-state index contributed by atoms with van der Waals surface area (Å²) in [6.07, 6.45) is 3.78. The Hall–Kier alpha value is -3.19. The second kappa shape index (κ2) is 7.91. The van der Waals surface area contributed by atoms with E-state index in [1.54, 1.807) is 24.0 Å². The van der Waals surface area contributed by atoms with Crippen molar-refractivity contribution in [2.24, 2.45) is 0 Å². The topological polar surface area (TPSA) is 87.1 Å². The Morgan fingerprint density at radius 1 is 1.30 bits per heavy atom. The SMILES string of the molecule is Cc1cc(O)c(CN2CCCCC2C(=O)O)c2c1C(=O)/C(=C/c1ccc(F)cc1)O2. The van der Waals surface area contributed by atoms with Crippen LogP contribution in [-0.4, -0.2) is 39.5 Å². The molecule has 0 spiro atoms. The average Bonchev–Trinajstić information content (AvgIpc) is 3.03. The number of fused-ring (bicyclic) bond motifs is 1. The zero-order chi connectivity index (χ0) is 21.4. The number of nitrogens with zero attached hydrogens (tertiary/aromatic N) is 1. The van der Waals surface area contributed by atoms with Crippen molar-refractivity contribution in [3.63, 3.8) is 0 Å². The van der Waals surface area contributed by atoms with Gasteiger partial charge in [-0.2, -0.15) is 0 Å². The second-order valence-corrected chi connectivity index (χ2v) is 7.71. The van der Waals surface area contributed by atoms with Crippen molar-refractivity contribution in [1.29, 1.82) is 0 Å². The standard InChI is InChI=1S/C23H22FNO5/c1-13-10-18(26)16(12-25-9-3-2-4-17(25)23(28)29)22-20(13)21(27)19(30-22)11-14-5-7-15(24)8-6-14/h5-8,10-11,17,26H,2-4,9,12H2,1H3,(H,28,29)/b19-11-. The van der Waals surface area contributed by atoms with Crippen LogP contribution in [0.25, 0.3) is 6.08 Å². The average molecular weight is 411 g/mol. The number of carboxylic acids is 1. The van der Waals surface area contributed by atoms with Gasteiger partial charge in [0.25, 0.3) is 0 Å². The molecule has 156 valence electrons. The third kappa shape index (κ3) is 3.68. The molecule has 2 aliphatic rings. The van der Waals surface area contributed by atoms with Crippen molar-refractivity contribution < 1.29 is 28.9 Å². The van der Waals surface area contributed by atoms with Crippen LogP contribution in [0.4, 0.5) is 4.39 Å². The number of phenolic OH excluding ortho intramolecular Hbond substituents is 1. The smallest absolute Gasteiger partial charge is 0.320 e. The van der Waals surface area contributed by atoms with Gasteiger partial charge in [-0.15, -0.1) is 0 Å². The molecule has 2 aromatic rings. The molecule has 1 unspecified atom stereocenters. The van der Waals surface area contributed by atoms with Crippen LogP contribution < -0.4 is 4.74 Å². The van der Waals surface area contributed by atoms with Crippen molar-refractivity contribution >= 4 is 17.8 Å². The van der Waals surface area contributed by atoms with Gasteiger partial charge in [-0.05, 0) is 61.7 Å². The second-order valence-electron chi connectivity index (χ2n) is 7.71. The van der Waals surface area contributed by atoms with Gasteiger partial charge in [-0.3, -0.25) is 14.5 Å². The number of likely N-dealkylation sites (tertiary alicyclic amines) is 1. The molecule has 30 heavy (non-hydrogen) atoms. The molecule has 2 heterocycles. The summed E-state index contributed by atoms with van der Waals surface area (Å²) in [4.78, 5) is 26.4. The van der Waals surface area contributed by atoms with E-state index in [2.05, 4.69) is 0 Å². The van der Waals surface area contributed by atoms with Crippen molar-refractivity contribution in [3.05, 3.63) is 64.2 Å². The molecular weight excluding hydrogens is 389 g/mol. The van der Waals surface area contributed by atoms with Gasteiger partial charge in [0.1, 0.15) is 23.4 Å². The number of aromatic hydroxyl groups is 1. The Kier molecular flexibility index (Phi) is 5.30. The van der Waals surface area contributed by atoms with Crippen molar-refractivity contribution in [1.82, 2.24) is 4.90 Å². The van der Waals surface area contributed by atoms with Gasteiger partial charge in [-0.25, -0.2) is 4.39 Å². The fourth-order valence-electron chi connectivity index (χ4n) is 4.11. The molecule has 4 rings (SSSR count). The molecular formula is C23H22FNO5. The van der Waals surface area contributed by atoms with E-state index in [0.717, 1.165) is 12.8 Å². The first-order chi connectivity index (χ1) is 14.3. The van der Waals surface area contributed by atoms with E-state index in [4.69, 9.17) is 4.74 Å². The number of rotatable bonds is 4. The number of allylic oxidation sites excluding steroid dienone is 1. The van der Waals surface area contributed by atoms with Crippen molar-refractivity contribution in [2.75, 3.05) is 6.54 Å². The van der Waals surface area contributed by atoms with Crippen LogP contribution in [0, 0.1) is 12.7 Å². The molecule has 1 atom stereocenters. The molecule has 0 aliphatic carbocycles. The highest BCUT2D eigenvalue weighted by Crippen LogP contribution is 2.42. The number of Topliss-reactive ketones (excluding diaryl/α,β-unsaturated/α-hetero) is 1. The van der Waals surface area contributed by atoms with Crippen molar-refractivity contribution in [3.8, 4) is 11.5 Å². The predicted octanol–water partition coefficient (Wildman–Crippen LogP) is 3.90. The van der Waals surface area contributed by atoms with Crippen LogP contribution in [0.5, 0.6) is 11.5 Å². The minimum atomic E-state index is -0.896. The first-order valence-corrected chi connectivity index (χ1v) is 9.87. The zero-order valence-corrected chi connectivity index (χ0v) is 16.5. The van der Waals surface area contributed by atoms with E-state index in [-0.39, 0.29) is 35.4 Å². The number of phenols is 1.